The third-order valence-electron chi connectivity index (χ3n) is 3.40. The highest BCUT2D eigenvalue weighted by Gasteiger charge is 2.33. The van der Waals surface area contributed by atoms with Gasteiger partial charge >= 0.3 is 0 Å². The van der Waals surface area contributed by atoms with Gasteiger partial charge in [0.15, 0.2) is 0 Å². The molecule has 1 aliphatic heterocycles. The molecule has 4 atom stereocenters. The molecule has 0 aromatic heterocycles. The van der Waals surface area contributed by atoms with Gasteiger partial charge in [0.1, 0.15) is 0 Å². The number of piperidine rings is 1. The fraction of sp³-hybridized carbons (Fsp3) is 1.00. The first-order chi connectivity index (χ1) is 5.75. The standard InChI is InChI=1S/C10H18ClN/c1-7-2-3-8-4-5-9(11)6-10(8)12-7/h7-10,12H,2-6H2,1H3. The summed E-state index contributed by atoms with van der Waals surface area (Å²) in [5.74, 6) is 0.927. The number of alkyl halides is 1. The Hall–Kier alpha value is 0.250. The summed E-state index contributed by atoms with van der Waals surface area (Å²) >= 11 is 6.14. The monoisotopic (exact) mass is 187 g/mol. The fourth-order valence-electron chi connectivity index (χ4n) is 2.64. The molecule has 70 valence electrons. The van der Waals surface area contributed by atoms with Gasteiger partial charge in [0, 0.05) is 17.5 Å². The van der Waals surface area contributed by atoms with Crippen molar-refractivity contribution in [1.29, 1.82) is 0 Å². The molecule has 1 N–H and O–H groups in total. The summed E-state index contributed by atoms with van der Waals surface area (Å²) in [5.41, 5.74) is 0. The van der Waals surface area contributed by atoms with Crippen LogP contribution in [-0.4, -0.2) is 17.5 Å². The molecule has 1 aliphatic carbocycles. The maximum atomic E-state index is 6.14. The zero-order valence-electron chi connectivity index (χ0n) is 7.72. The normalized spacial score (nSPS) is 48.5. The predicted molar refractivity (Wildman–Crippen MR) is 52.6 cm³/mol. The minimum absolute atomic E-state index is 0.434. The molecule has 1 saturated heterocycles. The van der Waals surface area contributed by atoms with E-state index in [-0.39, 0.29) is 0 Å². The van der Waals surface area contributed by atoms with E-state index in [4.69, 9.17) is 11.6 Å². The first kappa shape index (κ1) is 8.83. The largest absolute Gasteiger partial charge is 0.311 e. The lowest BCUT2D eigenvalue weighted by Crippen LogP contribution is -2.49. The van der Waals surface area contributed by atoms with Crippen molar-refractivity contribution in [3.63, 3.8) is 0 Å². The molecule has 0 radical (unpaired) electrons. The smallest absolute Gasteiger partial charge is 0.0351 e. The SMILES string of the molecule is CC1CCC2CCC(Cl)CC2N1. The van der Waals surface area contributed by atoms with Crippen LogP contribution in [0.4, 0.5) is 0 Å². The fourth-order valence-corrected chi connectivity index (χ4v) is 2.96. The Morgan fingerprint density at radius 1 is 1.17 bits per heavy atom. The zero-order valence-corrected chi connectivity index (χ0v) is 8.48. The van der Waals surface area contributed by atoms with Gasteiger partial charge < -0.3 is 5.32 Å². The topological polar surface area (TPSA) is 12.0 Å². The highest BCUT2D eigenvalue weighted by Crippen LogP contribution is 2.34. The maximum absolute atomic E-state index is 6.14. The molecule has 2 fully saturated rings. The van der Waals surface area contributed by atoms with Gasteiger partial charge in [0.25, 0.3) is 0 Å². The quantitative estimate of drug-likeness (QED) is 0.575. The van der Waals surface area contributed by atoms with Crippen LogP contribution in [0.5, 0.6) is 0 Å². The van der Waals surface area contributed by atoms with E-state index in [0.717, 1.165) is 12.0 Å². The molecule has 0 aromatic rings. The van der Waals surface area contributed by atoms with E-state index < -0.39 is 0 Å². The van der Waals surface area contributed by atoms with Gasteiger partial charge in [0.05, 0.1) is 0 Å². The summed E-state index contributed by atoms with van der Waals surface area (Å²) in [5, 5.41) is 4.10. The highest BCUT2D eigenvalue weighted by molar-refractivity contribution is 6.20. The Balaban J connectivity index is 1.94. The molecule has 0 spiro atoms. The minimum Gasteiger partial charge on any atom is -0.311 e. The molecule has 1 saturated carbocycles. The van der Waals surface area contributed by atoms with Crippen LogP contribution in [0.25, 0.3) is 0 Å². The second-order valence-electron chi connectivity index (χ2n) is 4.42. The maximum Gasteiger partial charge on any atom is 0.0351 e. The van der Waals surface area contributed by atoms with E-state index in [1.54, 1.807) is 0 Å². The van der Waals surface area contributed by atoms with Crippen molar-refractivity contribution < 1.29 is 0 Å². The molecule has 1 nitrogen and oxygen atoms in total. The molecule has 0 bridgehead atoms. The van der Waals surface area contributed by atoms with Crippen molar-refractivity contribution in [3.05, 3.63) is 0 Å². The van der Waals surface area contributed by atoms with Gasteiger partial charge in [-0.15, -0.1) is 11.6 Å². The molecule has 2 heteroatoms. The van der Waals surface area contributed by atoms with Crippen molar-refractivity contribution in [2.75, 3.05) is 0 Å². The van der Waals surface area contributed by atoms with Crippen LogP contribution in [0.3, 0.4) is 0 Å². The zero-order chi connectivity index (χ0) is 8.55. The molecule has 0 amide bonds. The number of hydrogen-bond donors (Lipinski definition) is 1. The van der Waals surface area contributed by atoms with E-state index in [9.17, 15) is 0 Å². The summed E-state index contributed by atoms with van der Waals surface area (Å²) in [6.45, 7) is 2.29. The van der Waals surface area contributed by atoms with E-state index in [2.05, 4.69) is 12.2 Å². The number of nitrogens with one attached hydrogen (secondary N) is 1. The molecule has 2 aliphatic rings. The van der Waals surface area contributed by atoms with Crippen LogP contribution < -0.4 is 5.32 Å². The average molecular weight is 188 g/mol. The van der Waals surface area contributed by atoms with Crippen LogP contribution in [0.2, 0.25) is 0 Å². The Morgan fingerprint density at radius 2 is 1.92 bits per heavy atom. The Bertz CT molecular complexity index is 144. The van der Waals surface area contributed by atoms with Gasteiger partial charge in [-0.2, -0.15) is 0 Å². The van der Waals surface area contributed by atoms with E-state index in [1.807, 2.05) is 0 Å². The lowest BCUT2D eigenvalue weighted by atomic mass is 9.78. The lowest BCUT2D eigenvalue weighted by molar-refractivity contribution is 0.185. The van der Waals surface area contributed by atoms with Crippen molar-refractivity contribution in [2.24, 2.45) is 5.92 Å². The third kappa shape index (κ3) is 1.77. The average Bonchev–Trinajstić information content (AvgIpc) is 2.03. The van der Waals surface area contributed by atoms with Gasteiger partial charge in [-0.25, -0.2) is 0 Å². The Kier molecular flexibility index (Phi) is 2.61. The van der Waals surface area contributed by atoms with Gasteiger partial charge in [-0.1, -0.05) is 0 Å². The van der Waals surface area contributed by atoms with Crippen LogP contribution in [0.1, 0.15) is 39.0 Å². The summed E-state index contributed by atoms with van der Waals surface area (Å²) in [4.78, 5) is 0. The van der Waals surface area contributed by atoms with Crippen LogP contribution in [0.15, 0.2) is 0 Å². The lowest BCUT2D eigenvalue weighted by Gasteiger charge is -2.40. The van der Waals surface area contributed by atoms with Crippen LogP contribution >= 0.6 is 11.6 Å². The predicted octanol–water partition coefficient (Wildman–Crippen LogP) is 2.53. The van der Waals surface area contributed by atoms with Crippen molar-refractivity contribution >= 4 is 11.6 Å². The first-order valence-electron chi connectivity index (χ1n) is 5.16. The second-order valence-corrected chi connectivity index (χ2v) is 5.04. The minimum atomic E-state index is 0.434. The molecular weight excluding hydrogens is 170 g/mol. The number of fused-ring (bicyclic) bond motifs is 1. The molecule has 1 heterocycles. The van der Waals surface area contributed by atoms with Crippen molar-refractivity contribution in [3.8, 4) is 0 Å². The van der Waals surface area contributed by atoms with Crippen LogP contribution in [0, 0.1) is 5.92 Å². The molecule has 0 aromatic carbocycles. The van der Waals surface area contributed by atoms with Crippen molar-refractivity contribution in [2.45, 2.75) is 56.5 Å². The molecule has 4 unspecified atom stereocenters. The number of hydrogen-bond acceptors (Lipinski definition) is 1. The molecular formula is C10H18ClN. The first-order valence-corrected chi connectivity index (χ1v) is 5.59. The Morgan fingerprint density at radius 3 is 2.75 bits per heavy atom. The number of rotatable bonds is 0. The van der Waals surface area contributed by atoms with Gasteiger partial charge in [0.2, 0.25) is 0 Å². The summed E-state index contributed by atoms with van der Waals surface area (Å²) in [6, 6.07) is 1.44. The van der Waals surface area contributed by atoms with Crippen molar-refractivity contribution in [1.82, 2.24) is 5.32 Å². The molecule has 12 heavy (non-hydrogen) atoms. The molecule has 2 rings (SSSR count). The summed E-state index contributed by atoms with van der Waals surface area (Å²) in [7, 11) is 0. The van der Waals surface area contributed by atoms with E-state index in [1.165, 1.54) is 32.1 Å². The van der Waals surface area contributed by atoms with E-state index in [0.29, 0.717) is 11.4 Å². The Labute approximate surface area is 79.9 Å². The van der Waals surface area contributed by atoms with Crippen LogP contribution in [-0.2, 0) is 0 Å². The van der Waals surface area contributed by atoms with Gasteiger partial charge in [-0.05, 0) is 44.9 Å². The number of halogens is 1. The second kappa shape index (κ2) is 3.55. The summed E-state index contributed by atoms with van der Waals surface area (Å²) in [6.07, 6.45) is 6.55. The summed E-state index contributed by atoms with van der Waals surface area (Å²) < 4.78 is 0. The van der Waals surface area contributed by atoms with E-state index >= 15 is 0 Å². The highest BCUT2D eigenvalue weighted by atomic mass is 35.5. The third-order valence-corrected chi connectivity index (χ3v) is 3.79. The van der Waals surface area contributed by atoms with Gasteiger partial charge in [-0.3, -0.25) is 0 Å².